The number of aryl methyl sites for hydroxylation is 1. The van der Waals surface area contributed by atoms with Gasteiger partial charge in [0.15, 0.2) is 0 Å². The number of hydrogen-bond acceptors (Lipinski definition) is 5. The summed E-state index contributed by atoms with van der Waals surface area (Å²) in [6.07, 6.45) is 2.26. The zero-order valence-electron chi connectivity index (χ0n) is 13.3. The highest BCUT2D eigenvalue weighted by atomic mass is 16.5. The summed E-state index contributed by atoms with van der Waals surface area (Å²) in [6.45, 7) is 4.13. The summed E-state index contributed by atoms with van der Waals surface area (Å²) in [5, 5.41) is 0. The molecule has 5 heteroatoms. The van der Waals surface area contributed by atoms with Gasteiger partial charge in [-0.15, -0.1) is 0 Å². The molecular weight excluding hydrogens is 266 g/mol. The van der Waals surface area contributed by atoms with E-state index in [1.165, 1.54) is 7.11 Å². The maximum atomic E-state index is 11.9. The van der Waals surface area contributed by atoms with Gasteiger partial charge in [0.05, 0.1) is 12.7 Å². The highest BCUT2D eigenvalue weighted by Gasteiger charge is 2.22. The Bertz CT molecular complexity index is 522. The minimum atomic E-state index is -0.380. The first-order valence-corrected chi connectivity index (χ1v) is 7.34. The number of anilines is 2. The van der Waals surface area contributed by atoms with E-state index in [4.69, 9.17) is 10.5 Å². The fraction of sp³-hybridized carbons (Fsp3) is 0.562. The van der Waals surface area contributed by atoms with Crippen LogP contribution < -0.4 is 10.6 Å². The van der Waals surface area contributed by atoms with E-state index in [-0.39, 0.29) is 5.97 Å². The second-order valence-electron chi connectivity index (χ2n) is 5.86. The topological polar surface area (TPSA) is 58.8 Å². The number of carbonyl (C=O) groups excluding carboxylic acids is 1. The van der Waals surface area contributed by atoms with Crippen molar-refractivity contribution < 1.29 is 9.53 Å². The van der Waals surface area contributed by atoms with E-state index in [1.807, 2.05) is 19.1 Å². The average molecular weight is 291 g/mol. The molecule has 1 heterocycles. The molecule has 2 rings (SSSR count). The van der Waals surface area contributed by atoms with E-state index in [9.17, 15) is 4.79 Å². The maximum absolute atomic E-state index is 11.9. The molecule has 0 unspecified atom stereocenters. The van der Waals surface area contributed by atoms with Crippen LogP contribution >= 0.6 is 0 Å². The lowest BCUT2D eigenvalue weighted by Crippen LogP contribution is -2.42. The number of esters is 1. The van der Waals surface area contributed by atoms with Crippen LogP contribution in [-0.2, 0) is 4.74 Å². The lowest BCUT2D eigenvalue weighted by molar-refractivity contribution is 0.0602. The summed E-state index contributed by atoms with van der Waals surface area (Å²) in [5.41, 5.74) is 8.89. The molecule has 0 amide bonds. The van der Waals surface area contributed by atoms with E-state index in [1.54, 1.807) is 0 Å². The number of nitrogens with two attached hydrogens (primary N) is 1. The van der Waals surface area contributed by atoms with Gasteiger partial charge >= 0.3 is 5.97 Å². The van der Waals surface area contributed by atoms with E-state index in [0.29, 0.717) is 17.3 Å². The van der Waals surface area contributed by atoms with Gasteiger partial charge in [0, 0.05) is 24.5 Å². The summed E-state index contributed by atoms with van der Waals surface area (Å²) in [4.78, 5) is 16.5. The Morgan fingerprint density at radius 2 is 2.00 bits per heavy atom. The number of benzene rings is 1. The van der Waals surface area contributed by atoms with Crippen molar-refractivity contribution in [1.82, 2.24) is 4.90 Å². The van der Waals surface area contributed by atoms with Crippen molar-refractivity contribution in [2.24, 2.45) is 0 Å². The zero-order valence-corrected chi connectivity index (χ0v) is 13.3. The fourth-order valence-electron chi connectivity index (χ4n) is 2.85. The SMILES string of the molecule is COC(=O)c1cc(N(C)C2CCN(C)CC2)cc(C)c1N. The first kappa shape index (κ1) is 15.6. The molecule has 1 saturated heterocycles. The molecule has 5 nitrogen and oxygen atoms in total. The van der Waals surface area contributed by atoms with E-state index in [0.717, 1.165) is 37.2 Å². The Labute approximate surface area is 126 Å². The molecule has 0 aliphatic carbocycles. The highest BCUT2D eigenvalue weighted by molar-refractivity contribution is 5.97. The van der Waals surface area contributed by atoms with Gasteiger partial charge in [-0.2, -0.15) is 0 Å². The molecule has 1 aromatic carbocycles. The van der Waals surface area contributed by atoms with Gasteiger partial charge < -0.3 is 20.3 Å². The summed E-state index contributed by atoms with van der Waals surface area (Å²) >= 11 is 0. The van der Waals surface area contributed by atoms with Gasteiger partial charge in [-0.1, -0.05) is 0 Å². The molecule has 0 aromatic heterocycles. The molecule has 0 radical (unpaired) electrons. The Balaban J connectivity index is 2.27. The van der Waals surface area contributed by atoms with Gasteiger partial charge in [-0.25, -0.2) is 4.79 Å². The quantitative estimate of drug-likeness (QED) is 0.681. The van der Waals surface area contributed by atoms with Crippen molar-refractivity contribution in [2.45, 2.75) is 25.8 Å². The minimum absolute atomic E-state index is 0.380. The van der Waals surface area contributed by atoms with Crippen LogP contribution in [0, 0.1) is 6.92 Å². The number of ether oxygens (including phenoxy) is 1. The third kappa shape index (κ3) is 3.29. The van der Waals surface area contributed by atoms with Crippen LogP contribution in [-0.4, -0.2) is 51.2 Å². The van der Waals surface area contributed by atoms with Crippen LogP contribution in [0.2, 0.25) is 0 Å². The smallest absolute Gasteiger partial charge is 0.340 e. The lowest BCUT2D eigenvalue weighted by Gasteiger charge is -2.36. The van der Waals surface area contributed by atoms with Crippen molar-refractivity contribution in [3.8, 4) is 0 Å². The van der Waals surface area contributed by atoms with Gasteiger partial charge in [-0.3, -0.25) is 0 Å². The fourth-order valence-corrected chi connectivity index (χ4v) is 2.85. The Hall–Kier alpha value is -1.75. The van der Waals surface area contributed by atoms with Crippen LogP contribution in [0.5, 0.6) is 0 Å². The number of rotatable bonds is 3. The van der Waals surface area contributed by atoms with Crippen LogP contribution in [0.25, 0.3) is 0 Å². The van der Waals surface area contributed by atoms with Crippen molar-refractivity contribution in [2.75, 3.05) is 44.9 Å². The summed E-state index contributed by atoms with van der Waals surface area (Å²) < 4.78 is 4.82. The number of piperidine rings is 1. The van der Waals surface area contributed by atoms with Crippen molar-refractivity contribution >= 4 is 17.3 Å². The third-order valence-corrected chi connectivity index (χ3v) is 4.42. The number of nitrogens with zero attached hydrogens (tertiary/aromatic N) is 2. The van der Waals surface area contributed by atoms with Crippen molar-refractivity contribution in [3.63, 3.8) is 0 Å². The van der Waals surface area contributed by atoms with Gasteiger partial charge in [0.2, 0.25) is 0 Å². The number of carbonyl (C=O) groups is 1. The Morgan fingerprint density at radius 1 is 1.38 bits per heavy atom. The number of likely N-dealkylation sites (tertiary alicyclic amines) is 1. The summed E-state index contributed by atoms with van der Waals surface area (Å²) in [6, 6.07) is 4.38. The standard InChI is InChI=1S/C16H25N3O2/c1-11-9-13(10-14(15(11)17)16(20)21-4)19(3)12-5-7-18(2)8-6-12/h9-10,12H,5-8,17H2,1-4H3. The molecule has 1 aliphatic rings. The minimum Gasteiger partial charge on any atom is -0.465 e. The molecular formula is C16H25N3O2. The van der Waals surface area contributed by atoms with Crippen molar-refractivity contribution in [1.29, 1.82) is 0 Å². The molecule has 0 bridgehead atoms. The third-order valence-electron chi connectivity index (χ3n) is 4.42. The largest absolute Gasteiger partial charge is 0.465 e. The first-order chi connectivity index (χ1) is 9.93. The van der Waals surface area contributed by atoms with E-state index in [2.05, 4.69) is 23.9 Å². The highest BCUT2D eigenvalue weighted by Crippen LogP contribution is 2.28. The molecule has 21 heavy (non-hydrogen) atoms. The van der Waals surface area contributed by atoms with Gasteiger partial charge in [-0.05, 0) is 57.6 Å². The molecule has 1 fully saturated rings. The van der Waals surface area contributed by atoms with Crippen LogP contribution in [0.3, 0.4) is 0 Å². The second-order valence-corrected chi connectivity index (χ2v) is 5.86. The molecule has 116 valence electrons. The van der Waals surface area contributed by atoms with Crippen LogP contribution in [0.1, 0.15) is 28.8 Å². The normalized spacial score (nSPS) is 16.8. The van der Waals surface area contributed by atoms with Crippen molar-refractivity contribution in [3.05, 3.63) is 23.3 Å². The summed E-state index contributed by atoms with van der Waals surface area (Å²) in [7, 11) is 5.62. The predicted molar refractivity (Wildman–Crippen MR) is 85.9 cm³/mol. The lowest BCUT2D eigenvalue weighted by atomic mass is 10.0. The van der Waals surface area contributed by atoms with E-state index >= 15 is 0 Å². The molecule has 0 atom stereocenters. The van der Waals surface area contributed by atoms with Crippen LogP contribution in [0.15, 0.2) is 12.1 Å². The monoisotopic (exact) mass is 291 g/mol. The number of hydrogen-bond donors (Lipinski definition) is 1. The van der Waals surface area contributed by atoms with Crippen LogP contribution in [0.4, 0.5) is 11.4 Å². The molecule has 1 aliphatic heterocycles. The number of methoxy groups -OCH3 is 1. The predicted octanol–water partition coefficient (Wildman–Crippen LogP) is 1.89. The first-order valence-electron chi connectivity index (χ1n) is 7.34. The average Bonchev–Trinajstić information content (AvgIpc) is 2.49. The van der Waals surface area contributed by atoms with Gasteiger partial charge in [0.25, 0.3) is 0 Å². The molecule has 1 aromatic rings. The molecule has 0 spiro atoms. The summed E-state index contributed by atoms with van der Waals surface area (Å²) in [5.74, 6) is -0.380. The zero-order chi connectivity index (χ0) is 15.6. The maximum Gasteiger partial charge on any atom is 0.340 e. The Morgan fingerprint density at radius 3 is 2.57 bits per heavy atom. The number of nitrogen functional groups attached to an aromatic ring is 1. The Kier molecular flexibility index (Phi) is 4.73. The van der Waals surface area contributed by atoms with E-state index < -0.39 is 0 Å². The van der Waals surface area contributed by atoms with Gasteiger partial charge in [0.1, 0.15) is 0 Å². The molecule has 0 saturated carbocycles. The molecule has 2 N–H and O–H groups in total. The second kappa shape index (κ2) is 6.35.